The molecule has 1 aromatic rings. The van der Waals surface area contributed by atoms with E-state index in [9.17, 15) is 0 Å². The van der Waals surface area contributed by atoms with Crippen LogP contribution in [0.1, 0.15) is 24.0 Å². The van der Waals surface area contributed by atoms with E-state index < -0.39 is 0 Å². The van der Waals surface area contributed by atoms with Gasteiger partial charge in [0.2, 0.25) is 0 Å². The smallest absolute Gasteiger partial charge is 0 e. The molecule has 2 aliphatic rings. The van der Waals surface area contributed by atoms with Crippen LogP contribution in [-0.4, -0.2) is 0 Å². The van der Waals surface area contributed by atoms with Crippen molar-refractivity contribution in [1.29, 1.82) is 0 Å². The molecule has 0 heterocycles. The van der Waals surface area contributed by atoms with Crippen molar-refractivity contribution in [3.8, 4) is 0 Å². The van der Waals surface area contributed by atoms with Gasteiger partial charge in [0.15, 0.2) is 0 Å². The first-order valence-corrected chi connectivity index (χ1v) is 4.75. The van der Waals surface area contributed by atoms with Crippen molar-refractivity contribution in [2.45, 2.75) is 19.3 Å². The Morgan fingerprint density at radius 3 is 2.87 bits per heavy atom. The summed E-state index contributed by atoms with van der Waals surface area (Å²) in [7, 11) is 0. The van der Waals surface area contributed by atoms with Gasteiger partial charge >= 0.3 is 0 Å². The first kappa shape index (κ1) is 12.9. The molecule has 0 fully saturated rings. The molecule has 0 atom stereocenters. The molecule has 15 heavy (non-hydrogen) atoms. The average Bonchev–Trinajstić information content (AvgIpc) is 2.65. The van der Waals surface area contributed by atoms with E-state index in [1.807, 2.05) is 6.07 Å². The molecule has 0 spiro atoms. The molecule has 3 rings (SSSR count). The van der Waals surface area contributed by atoms with Crippen LogP contribution in [0.2, 0.25) is 0 Å². The number of benzene rings is 1. The van der Waals surface area contributed by atoms with Gasteiger partial charge in [0.05, 0.1) is 0 Å². The third-order valence-corrected chi connectivity index (χ3v) is 2.84. The van der Waals surface area contributed by atoms with Gasteiger partial charge in [0.1, 0.15) is 0 Å². The topological polar surface area (TPSA) is 0 Å². The molecule has 2 aliphatic carbocycles. The van der Waals surface area contributed by atoms with Crippen molar-refractivity contribution in [2.75, 3.05) is 0 Å². The van der Waals surface area contributed by atoms with E-state index in [0.29, 0.717) is 0 Å². The minimum absolute atomic E-state index is 0. The number of fused-ring (bicyclic) bond motifs is 2. The quantitative estimate of drug-likeness (QED) is 0.635. The predicted octanol–water partition coefficient (Wildman–Crippen LogP) is 2.94. The van der Waals surface area contributed by atoms with Crippen molar-refractivity contribution in [2.24, 2.45) is 0 Å². The summed E-state index contributed by atoms with van der Waals surface area (Å²) in [5.74, 6) is 0. The third kappa shape index (κ3) is 2.19. The fourth-order valence-corrected chi connectivity index (χ4v) is 2.19. The van der Waals surface area contributed by atoms with E-state index in [1.165, 1.54) is 22.3 Å². The molecule has 0 saturated carbocycles. The van der Waals surface area contributed by atoms with Crippen LogP contribution in [0.25, 0.3) is 5.57 Å². The van der Waals surface area contributed by atoms with Crippen molar-refractivity contribution >= 4 is 5.57 Å². The summed E-state index contributed by atoms with van der Waals surface area (Å²) < 4.78 is 0. The third-order valence-electron chi connectivity index (χ3n) is 2.84. The van der Waals surface area contributed by atoms with Crippen LogP contribution >= 0.6 is 0 Å². The molecule has 0 N–H and O–H groups in total. The van der Waals surface area contributed by atoms with Gasteiger partial charge in [-0.3, -0.25) is 6.08 Å². The molecule has 0 nitrogen and oxygen atoms in total. The van der Waals surface area contributed by atoms with Gasteiger partial charge in [0.25, 0.3) is 0 Å². The fourth-order valence-electron chi connectivity index (χ4n) is 2.19. The summed E-state index contributed by atoms with van der Waals surface area (Å²) in [5, 5.41) is 0. The zero-order valence-electron chi connectivity index (χ0n) is 8.33. The van der Waals surface area contributed by atoms with Crippen molar-refractivity contribution in [3.05, 3.63) is 53.1 Å². The van der Waals surface area contributed by atoms with Crippen molar-refractivity contribution in [3.63, 3.8) is 0 Å². The zero-order chi connectivity index (χ0) is 8.67. The SMILES string of the molecule is [C-]1=CCC2=C1CCc1[c-]cccc12.[V].[V]. The molecule has 0 unspecified atom stereocenters. The monoisotopic (exact) mass is 268 g/mol. The van der Waals surface area contributed by atoms with E-state index in [-0.39, 0.29) is 37.1 Å². The Labute approximate surface area is 115 Å². The number of aryl methyl sites for hydroxylation is 1. The van der Waals surface area contributed by atoms with E-state index in [4.69, 9.17) is 0 Å². The first-order valence-electron chi connectivity index (χ1n) is 4.75. The summed E-state index contributed by atoms with van der Waals surface area (Å²) >= 11 is 0. The number of hydrogen-bond donors (Lipinski definition) is 0. The Morgan fingerprint density at radius 1 is 1.13 bits per heavy atom. The van der Waals surface area contributed by atoms with Crippen LogP contribution in [0, 0.1) is 12.1 Å². The molecule has 2 radical (unpaired) electrons. The Kier molecular flexibility index (Phi) is 4.55. The van der Waals surface area contributed by atoms with Crippen LogP contribution in [0.4, 0.5) is 0 Å². The molecule has 0 saturated heterocycles. The van der Waals surface area contributed by atoms with Crippen LogP contribution in [-0.2, 0) is 43.5 Å². The average molecular weight is 268 g/mol. The molecular formula is C13H10V2-2. The van der Waals surface area contributed by atoms with Gasteiger partial charge in [-0.15, -0.1) is 6.42 Å². The number of allylic oxidation sites excluding steroid dienone is 4. The van der Waals surface area contributed by atoms with Gasteiger partial charge in [-0.25, -0.2) is 16.7 Å². The van der Waals surface area contributed by atoms with Crippen LogP contribution in [0.15, 0.2) is 29.8 Å². The summed E-state index contributed by atoms with van der Waals surface area (Å²) in [5.41, 5.74) is 5.70. The second-order valence-corrected chi connectivity index (χ2v) is 3.57. The van der Waals surface area contributed by atoms with E-state index >= 15 is 0 Å². The summed E-state index contributed by atoms with van der Waals surface area (Å²) in [6.45, 7) is 0. The standard InChI is InChI=1S/C13H10.2V/c1-2-6-12-10(4-1)8-9-11-5-3-7-13(11)12;;/h1-3,6H,7-9H2;;/q-2;;. The normalized spacial score (nSPS) is 16.3. The molecule has 0 bridgehead atoms. The minimum atomic E-state index is 0. The molecule has 0 amide bonds. The maximum absolute atomic E-state index is 3.34. The van der Waals surface area contributed by atoms with E-state index in [2.05, 4.69) is 30.4 Å². The van der Waals surface area contributed by atoms with Crippen LogP contribution < -0.4 is 0 Å². The number of hydrogen-bond acceptors (Lipinski definition) is 0. The van der Waals surface area contributed by atoms with Gasteiger partial charge in [-0.05, 0) is 0 Å². The van der Waals surface area contributed by atoms with Gasteiger partial charge in [-0.2, -0.15) is 35.9 Å². The summed E-state index contributed by atoms with van der Waals surface area (Å²) in [6, 6.07) is 9.62. The molecular weight excluding hydrogens is 258 g/mol. The van der Waals surface area contributed by atoms with Gasteiger partial charge in [0, 0.05) is 37.1 Å². The zero-order valence-corrected chi connectivity index (χ0v) is 11.1. The van der Waals surface area contributed by atoms with Gasteiger partial charge in [-0.1, -0.05) is 12.8 Å². The maximum atomic E-state index is 3.34. The first-order chi connectivity index (χ1) is 6.45. The van der Waals surface area contributed by atoms with Crippen LogP contribution in [0.5, 0.6) is 0 Å². The minimum Gasteiger partial charge on any atom is -0.253 e. The van der Waals surface area contributed by atoms with Crippen LogP contribution in [0.3, 0.4) is 0 Å². The molecule has 1 aromatic carbocycles. The molecule has 2 heteroatoms. The number of rotatable bonds is 0. The Bertz CT molecular complexity index is 416. The van der Waals surface area contributed by atoms with Crippen molar-refractivity contribution in [1.82, 2.24) is 0 Å². The van der Waals surface area contributed by atoms with E-state index in [1.54, 1.807) is 0 Å². The maximum Gasteiger partial charge on any atom is 0 e. The molecule has 74 valence electrons. The van der Waals surface area contributed by atoms with E-state index in [0.717, 1.165) is 19.3 Å². The van der Waals surface area contributed by atoms with Crippen molar-refractivity contribution < 1.29 is 37.1 Å². The summed E-state index contributed by atoms with van der Waals surface area (Å²) in [6.07, 6.45) is 8.84. The van der Waals surface area contributed by atoms with Gasteiger partial charge < -0.3 is 0 Å². The Hall–Kier alpha value is -0.131. The fraction of sp³-hybridized carbons (Fsp3) is 0.231. The second kappa shape index (κ2) is 5.27. The Balaban J connectivity index is 0.000000562. The molecule has 0 aliphatic heterocycles. The summed E-state index contributed by atoms with van der Waals surface area (Å²) in [4.78, 5) is 0. The second-order valence-electron chi connectivity index (χ2n) is 3.57. The Morgan fingerprint density at radius 2 is 2.00 bits per heavy atom. The molecule has 0 aromatic heterocycles. The largest absolute Gasteiger partial charge is 0.253 e. The predicted molar refractivity (Wildman–Crippen MR) is 52.9 cm³/mol.